The zero-order valence-electron chi connectivity index (χ0n) is 11.3. The highest BCUT2D eigenvalue weighted by Crippen LogP contribution is 2.19. The van der Waals surface area contributed by atoms with Crippen molar-refractivity contribution in [2.24, 2.45) is 0 Å². The molecule has 1 aliphatic rings. The van der Waals surface area contributed by atoms with Crippen LogP contribution in [-0.2, 0) is 4.74 Å². The molecule has 4 heteroatoms. The van der Waals surface area contributed by atoms with E-state index in [1.54, 1.807) is 0 Å². The molecule has 0 bridgehead atoms. The van der Waals surface area contributed by atoms with Gasteiger partial charge in [0.05, 0.1) is 26.8 Å². The second-order valence-corrected chi connectivity index (χ2v) is 5.37. The molecule has 1 aliphatic carbocycles. The number of rotatable bonds is 5. The summed E-state index contributed by atoms with van der Waals surface area (Å²) in [6.07, 6.45) is 9.12. The van der Waals surface area contributed by atoms with Crippen molar-refractivity contribution in [1.29, 1.82) is 0 Å². The smallest absolute Gasteiger partial charge is 0.126 e. The van der Waals surface area contributed by atoms with Crippen molar-refractivity contribution in [2.75, 3.05) is 27.2 Å². The topological polar surface area (TPSA) is 33.9 Å². The number of nitrogens with one attached hydrogen (secondary N) is 1. The lowest BCUT2D eigenvalue weighted by molar-refractivity contribution is -0.861. The lowest BCUT2D eigenvalue weighted by atomic mass is 9.98. The Morgan fingerprint density at radius 1 is 1.12 bits per heavy atom. The van der Waals surface area contributed by atoms with Crippen LogP contribution in [0.4, 0.5) is 0 Å². The maximum atomic E-state index is 9.73. The van der Waals surface area contributed by atoms with Gasteiger partial charge in [-0.25, -0.2) is 0 Å². The van der Waals surface area contributed by atoms with Crippen LogP contribution in [0.2, 0.25) is 0 Å². The van der Waals surface area contributed by atoms with E-state index in [0.717, 1.165) is 6.54 Å². The molecule has 0 radical (unpaired) electrons. The predicted molar refractivity (Wildman–Crippen MR) is 65.7 cm³/mol. The minimum atomic E-state index is -0.310. The standard InChI is InChI=1S/C13H27NO2.ClH/c1-14(2)10-12(15)11-16-13-8-6-4-3-5-7-9-13;/h12-13,15H,3-11H2,1-2H3;1H. The molecule has 0 aromatic heterocycles. The number of aliphatic hydroxyl groups is 1. The average molecular weight is 266 g/mol. The van der Waals surface area contributed by atoms with Gasteiger partial charge < -0.3 is 27.2 Å². The predicted octanol–water partition coefficient (Wildman–Crippen LogP) is -2.37. The Labute approximate surface area is 112 Å². The molecule has 0 aliphatic heterocycles. The number of aliphatic hydroxyl groups excluding tert-OH is 1. The maximum absolute atomic E-state index is 9.73. The molecule has 0 amide bonds. The lowest BCUT2D eigenvalue weighted by Gasteiger charge is -2.22. The van der Waals surface area contributed by atoms with Crippen molar-refractivity contribution < 1.29 is 27.2 Å². The summed E-state index contributed by atoms with van der Waals surface area (Å²) in [6.45, 7) is 1.28. The fourth-order valence-corrected chi connectivity index (χ4v) is 2.36. The van der Waals surface area contributed by atoms with Gasteiger partial charge in [0, 0.05) is 0 Å². The molecular weight excluding hydrogens is 238 g/mol. The van der Waals surface area contributed by atoms with E-state index in [0.29, 0.717) is 12.7 Å². The third-order valence-electron chi connectivity index (χ3n) is 3.22. The van der Waals surface area contributed by atoms with Gasteiger partial charge in [-0.1, -0.05) is 32.1 Å². The molecule has 0 aromatic carbocycles. The molecule has 0 spiro atoms. The second kappa shape index (κ2) is 10.1. The fourth-order valence-electron chi connectivity index (χ4n) is 2.36. The minimum Gasteiger partial charge on any atom is -1.00 e. The molecule has 0 heterocycles. The van der Waals surface area contributed by atoms with Gasteiger partial charge in [0.2, 0.25) is 0 Å². The van der Waals surface area contributed by atoms with Crippen molar-refractivity contribution in [1.82, 2.24) is 0 Å². The Balaban J connectivity index is 0.00000256. The van der Waals surface area contributed by atoms with Gasteiger partial charge in [-0.15, -0.1) is 0 Å². The summed E-state index contributed by atoms with van der Waals surface area (Å²) in [4.78, 5) is 1.27. The molecule has 1 rings (SSSR count). The number of quaternary nitrogens is 1. The first kappa shape index (κ1) is 17.2. The minimum absolute atomic E-state index is 0. The van der Waals surface area contributed by atoms with Crippen LogP contribution in [0.5, 0.6) is 0 Å². The number of hydrogen-bond acceptors (Lipinski definition) is 2. The molecule has 1 unspecified atom stereocenters. The van der Waals surface area contributed by atoms with Crippen molar-refractivity contribution in [3.63, 3.8) is 0 Å². The van der Waals surface area contributed by atoms with E-state index in [4.69, 9.17) is 4.74 Å². The summed E-state index contributed by atoms with van der Waals surface area (Å²) < 4.78 is 5.82. The quantitative estimate of drug-likeness (QED) is 0.583. The van der Waals surface area contributed by atoms with Gasteiger partial charge in [-0.2, -0.15) is 0 Å². The molecule has 17 heavy (non-hydrogen) atoms. The third kappa shape index (κ3) is 8.83. The van der Waals surface area contributed by atoms with Crippen LogP contribution >= 0.6 is 0 Å². The van der Waals surface area contributed by atoms with Crippen molar-refractivity contribution in [2.45, 2.75) is 57.2 Å². The van der Waals surface area contributed by atoms with Crippen LogP contribution in [-0.4, -0.2) is 44.6 Å². The Hall–Kier alpha value is 0.170. The Bertz CT molecular complexity index is 171. The molecule has 104 valence electrons. The molecule has 3 nitrogen and oxygen atoms in total. The first-order valence-electron chi connectivity index (χ1n) is 6.77. The van der Waals surface area contributed by atoms with Gasteiger partial charge in [0.1, 0.15) is 12.6 Å². The Morgan fingerprint density at radius 2 is 1.65 bits per heavy atom. The fraction of sp³-hybridized carbons (Fsp3) is 1.00. The lowest BCUT2D eigenvalue weighted by Crippen LogP contribution is -3.07. The molecule has 0 aromatic rings. The van der Waals surface area contributed by atoms with Crippen LogP contribution < -0.4 is 17.3 Å². The zero-order chi connectivity index (χ0) is 11.8. The first-order valence-corrected chi connectivity index (χ1v) is 6.77. The van der Waals surface area contributed by atoms with E-state index in [9.17, 15) is 5.11 Å². The van der Waals surface area contributed by atoms with Crippen LogP contribution in [0.3, 0.4) is 0 Å². The van der Waals surface area contributed by atoms with E-state index < -0.39 is 0 Å². The van der Waals surface area contributed by atoms with Crippen LogP contribution in [0, 0.1) is 0 Å². The van der Waals surface area contributed by atoms with Crippen molar-refractivity contribution in [3.8, 4) is 0 Å². The van der Waals surface area contributed by atoms with Crippen molar-refractivity contribution >= 4 is 0 Å². The van der Waals surface area contributed by atoms with E-state index in [1.165, 1.54) is 49.8 Å². The second-order valence-electron chi connectivity index (χ2n) is 5.37. The highest BCUT2D eigenvalue weighted by Gasteiger charge is 2.15. The molecule has 1 fully saturated rings. The largest absolute Gasteiger partial charge is 1.00 e. The third-order valence-corrected chi connectivity index (χ3v) is 3.22. The van der Waals surface area contributed by atoms with Crippen LogP contribution in [0.25, 0.3) is 0 Å². The Kier molecular flexibility index (Phi) is 10.2. The summed E-state index contributed by atoms with van der Waals surface area (Å²) in [6, 6.07) is 0. The molecular formula is C13H28ClNO2. The molecule has 2 N–H and O–H groups in total. The summed E-state index contributed by atoms with van der Waals surface area (Å²) in [5.74, 6) is 0. The van der Waals surface area contributed by atoms with E-state index in [1.807, 2.05) is 0 Å². The summed E-state index contributed by atoms with van der Waals surface area (Å²) in [5.41, 5.74) is 0. The van der Waals surface area contributed by atoms with E-state index >= 15 is 0 Å². The monoisotopic (exact) mass is 265 g/mol. The Morgan fingerprint density at radius 3 is 2.18 bits per heavy atom. The summed E-state index contributed by atoms with van der Waals surface area (Å²) in [5, 5.41) is 9.73. The summed E-state index contributed by atoms with van der Waals surface area (Å²) in [7, 11) is 4.11. The number of ether oxygens (including phenoxy) is 1. The highest BCUT2D eigenvalue weighted by molar-refractivity contribution is 4.64. The number of likely N-dealkylation sites (N-methyl/N-ethyl adjacent to an activating group) is 1. The first-order chi connectivity index (χ1) is 7.68. The van der Waals surface area contributed by atoms with Crippen molar-refractivity contribution in [3.05, 3.63) is 0 Å². The van der Waals surface area contributed by atoms with Gasteiger partial charge in [0.25, 0.3) is 0 Å². The maximum Gasteiger partial charge on any atom is 0.126 e. The highest BCUT2D eigenvalue weighted by atomic mass is 35.5. The van der Waals surface area contributed by atoms with Gasteiger partial charge in [-0.3, -0.25) is 0 Å². The molecule has 0 saturated heterocycles. The number of hydrogen-bond donors (Lipinski definition) is 2. The number of halogens is 1. The normalized spacial score (nSPS) is 20.5. The zero-order valence-corrected chi connectivity index (χ0v) is 12.0. The van der Waals surface area contributed by atoms with Gasteiger partial charge in [-0.05, 0) is 12.8 Å². The average Bonchev–Trinajstić information content (AvgIpc) is 2.14. The molecule has 1 saturated carbocycles. The van der Waals surface area contributed by atoms with Gasteiger partial charge in [0.15, 0.2) is 0 Å². The SMILES string of the molecule is C[NH+](C)CC(O)COC1CCCCCCC1.[Cl-]. The summed E-state index contributed by atoms with van der Waals surface area (Å²) >= 11 is 0. The van der Waals surface area contributed by atoms with E-state index in [2.05, 4.69) is 14.1 Å². The van der Waals surface area contributed by atoms with E-state index in [-0.39, 0.29) is 18.5 Å². The van der Waals surface area contributed by atoms with Gasteiger partial charge >= 0.3 is 0 Å². The van der Waals surface area contributed by atoms with Crippen LogP contribution in [0.1, 0.15) is 44.9 Å². The van der Waals surface area contributed by atoms with Crippen LogP contribution in [0.15, 0.2) is 0 Å². The molecule has 1 atom stereocenters.